The highest BCUT2D eigenvalue weighted by Gasteiger charge is 2.48. The Hall–Kier alpha value is -3.36. The number of amides is 3. The maximum atomic E-state index is 14.2. The third-order valence-electron chi connectivity index (χ3n) is 6.30. The van der Waals surface area contributed by atoms with E-state index in [1.54, 1.807) is 44.7 Å². The largest absolute Gasteiger partial charge is 0.466 e. The van der Waals surface area contributed by atoms with Gasteiger partial charge in [0.1, 0.15) is 17.7 Å². The van der Waals surface area contributed by atoms with E-state index in [0.717, 1.165) is 12.0 Å². The standard InChI is InChI=1S/C30H45N3O6/c1-9-21-12-11-13-22(18-21)26(27(35)31-15-14-25(34)38-10-2)33(24-17-20(24)5)28(36)23(16-19(3)4)32-29(37)39-30(6,7)8/h9,11-13,18-20,23-24,26H,1,10,14-17H2,2-8H3,(H,31,35)(H,32,37). The van der Waals surface area contributed by atoms with Crippen molar-refractivity contribution >= 4 is 30.0 Å². The van der Waals surface area contributed by atoms with Crippen LogP contribution in [0.15, 0.2) is 30.8 Å². The molecule has 2 rings (SSSR count). The van der Waals surface area contributed by atoms with Crippen LogP contribution in [0.4, 0.5) is 4.79 Å². The molecule has 0 aliphatic heterocycles. The number of nitrogens with one attached hydrogen (secondary N) is 2. The second kappa shape index (κ2) is 14.1. The molecule has 2 N–H and O–H groups in total. The molecule has 1 aliphatic carbocycles. The van der Waals surface area contributed by atoms with Crippen molar-refractivity contribution in [2.45, 2.75) is 91.5 Å². The first-order valence-corrected chi connectivity index (χ1v) is 13.7. The molecular formula is C30H45N3O6. The van der Waals surface area contributed by atoms with E-state index in [2.05, 4.69) is 17.2 Å². The van der Waals surface area contributed by atoms with Crippen molar-refractivity contribution < 1.29 is 28.7 Å². The first kappa shape index (κ1) is 31.9. The molecule has 9 heteroatoms. The molecule has 4 unspecified atom stereocenters. The van der Waals surface area contributed by atoms with Gasteiger partial charge in [-0.05, 0) is 69.6 Å². The maximum absolute atomic E-state index is 14.2. The van der Waals surface area contributed by atoms with E-state index >= 15 is 0 Å². The van der Waals surface area contributed by atoms with Gasteiger partial charge in [0, 0.05) is 12.6 Å². The molecule has 39 heavy (non-hydrogen) atoms. The summed E-state index contributed by atoms with van der Waals surface area (Å²) in [5, 5.41) is 5.58. The SMILES string of the molecule is C=Cc1cccc(C(C(=O)NCCC(=O)OCC)N(C(=O)C(CC(C)C)NC(=O)OC(C)(C)C)C2CC2C)c1. The molecule has 1 aromatic carbocycles. The topological polar surface area (TPSA) is 114 Å². The Morgan fingerprint density at radius 3 is 2.41 bits per heavy atom. The van der Waals surface area contributed by atoms with Crippen molar-refractivity contribution in [3.63, 3.8) is 0 Å². The minimum Gasteiger partial charge on any atom is -0.466 e. The van der Waals surface area contributed by atoms with Crippen molar-refractivity contribution in [1.82, 2.24) is 15.5 Å². The summed E-state index contributed by atoms with van der Waals surface area (Å²) in [4.78, 5) is 54.1. The molecule has 0 saturated heterocycles. The van der Waals surface area contributed by atoms with Crippen LogP contribution in [-0.4, -0.2) is 59.6 Å². The number of benzene rings is 1. The van der Waals surface area contributed by atoms with Gasteiger partial charge in [-0.25, -0.2) is 4.79 Å². The molecule has 0 aromatic heterocycles. The molecule has 216 valence electrons. The smallest absolute Gasteiger partial charge is 0.408 e. The van der Waals surface area contributed by atoms with Gasteiger partial charge in [-0.3, -0.25) is 14.4 Å². The number of carbonyl (C=O) groups is 4. The van der Waals surface area contributed by atoms with E-state index in [0.29, 0.717) is 12.0 Å². The average molecular weight is 544 g/mol. The molecule has 1 aliphatic rings. The van der Waals surface area contributed by atoms with Crippen LogP contribution in [0.5, 0.6) is 0 Å². The normalized spacial score (nSPS) is 17.9. The Morgan fingerprint density at radius 2 is 1.87 bits per heavy atom. The lowest BCUT2D eigenvalue weighted by Crippen LogP contribution is -2.54. The van der Waals surface area contributed by atoms with Crippen LogP contribution in [0.3, 0.4) is 0 Å². The van der Waals surface area contributed by atoms with E-state index in [1.165, 1.54) is 0 Å². The van der Waals surface area contributed by atoms with E-state index in [1.807, 2.05) is 39.0 Å². The molecule has 0 heterocycles. The van der Waals surface area contributed by atoms with Gasteiger partial charge >= 0.3 is 12.1 Å². The van der Waals surface area contributed by atoms with Crippen LogP contribution < -0.4 is 10.6 Å². The third-order valence-corrected chi connectivity index (χ3v) is 6.30. The fourth-order valence-corrected chi connectivity index (χ4v) is 4.41. The average Bonchev–Trinajstić information content (AvgIpc) is 3.55. The quantitative estimate of drug-likeness (QED) is 0.351. The summed E-state index contributed by atoms with van der Waals surface area (Å²) < 4.78 is 10.4. The van der Waals surface area contributed by atoms with Crippen LogP contribution in [0.1, 0.15) is 84.9 Å². The van der Waals surface area contributed by atoms with Gasteiger partial charge in [0.05, 0.1) is 13.0 Å². The zero-order valence-corrected chi connectivity index (χ0v) is 24.4. The zero-order valence-electron chi connectivity index (χ0n) is 24.4. The molecule has 0 bridgehead atoms. The second-order valence-electron chi connectivity index (χ2n) is 11.5. The van der Waals surface area contributed by atoms with E-state index in [4.69, 9.17) is 9.47 Å². The van der Waals surface area contributed by atoms with Crippen LogP contribution >= 0.6 is 0 Å². The predicted octanol–water partition coefficient (Wildman–Crippen LogP) is 4.62. The van der Waals surface area contributed by atoms with Crippen LogP contribution in [-0.2, 0) is 23.9 Å². The molecule has 0 spiro atoms. The number of alkyl carbamates (subject to hydrolysis) is 1. The molecule has 0 radical (unpaired) electrons. The summed E-state index contributed by atoms with van der Waals surface area (Å²) in [7, 11) is 0. The van der Waals surface area contributed by atoms with Crippen molar-refractivity contribution in [3.05, 3.63) is 42.0 Å². The minimum absolute atomic E-state index is 0.0168. The molecule has 9 nitrogen and oxygen atoms in total. The van der Waals surface area contributed by atoms with Gasteiger partial charge in [0.25, 0.3) is 0 Å². The summed E-state index contributed by atoms with van der Waals surface area (Å²) in [5.41, 5.74) is 0.694. The van der Waals surface area contributed by atoms with Gasteiger partial charge in [0.2, 0.25) is 11.8 Å². The molecule has 3 amide bonds. The molecule has 1 fully saturated rings. The van der Waals surface area contributed by atoms with Gasteiger partial charge < -0.3 is 25.0 Å². The fourth-order valence-electron chi connectivity index (χ4n) is 4.41. The summed E-state index contributed by atoms with van der Waals surface area (Å²) in [6.45, 7) is 17.1. The van der Waals surface area contributed by atoms with Crippen LogP contribution in [0.2, 0.25) is 0 Å². The lowest BCUT2D eigenvalue weighted by molar-refractivity contribution is -0.145. The number of hydrogen-bond donors (Lipinski definition) is 2. The highest BCUT2D eigenvalue weighted by Crippen LogP contribution is 2.41. The Kier molecular flexibility index (Phi) is 11.6. The Balaban J connectivity index is 2.46. The van der Waals surface area contributed by atoms with Gasteiger partial charge in [0.15, 0.2) is 0 Å². The number of hydrogen-bond acceptors (Lipinski definition) is 6. The summed E-state index contributed by atoms with van der Waals surface area (Å²) in [6, 6.07) is 5.28. The number of carbonyl (C=O) groups excluding carboxylic acids is 4. The maximum Gasteiger partial charge on any atom is 0.408 e. The third kappa shape index (κ3) is 10.0. The van der Waals surface area contributed by atoms with Crippen molar-refractivity contribution in [3.8, 4) is 0 Å². The van der Waals surface area contributed by atoms with Crippen LogP contribution in [0.25, 0.3) is 6.08 Å². The van der Waals surface area contributed by atoms with Crippen molar-refractivity contribution in [2.75, 3.05) is 13.2 Å². The van der Waals surface area contributed by atoms with E-state index in [-0.39, 0.29) is 43.4 Å². The fraction of sp³-hybridized carbons (Fsp3) is 0.600. The van der Waals surface area contributed by atoms with E-state index < -0.39 is 35.7 Å². The zero-order chi connectivity index (χ0) is 29.3. The Morgan fingerprint density at radius 1 is 1.21 bits per heavy atom. The Labute approximate surface area is 232 Å². The van der Waals surface area contributed by atoms with E-state index in [9.17, 15) is 19.2 Å². The van der Waals surface area contributed by atoms with Crippen molar-refractivity contribution in [2.24, 2.45) is 11.8 Å². The molecule has 1 saturated carbocycles. The number of nitrogens with zero attached hydrogens (tertiary/aromatic N) is 1. The predicted molar refractivity (Wildman–Crippen MR) is 151 cm³/mol. The number of ether oxygens (including phenoxy) is 2. The molecular weight excluding hydrogens is 498 g/mol. The molecule has 1 aromatic rings. The summed E-state index contributed by atoms with van der Waals surface area (Å²) >= 11 is 0. The number of rotatable bonds is 13. The highest BCUT2D eigenvalue weighted by molar-refractivity contribution is 5.93. The van der Waals surface area contributed by atoms with Gasteiger partial charge in [-0.2, -0.15) is 0 Å². The first-order valence-electron chi connectivity index (χ1n) is 13.7. The second-order valence-corrected chi connectivity index (χ2v) is 11.5. The highest BCUT2D eigenvalue weighted by atomic mass is 16.6. The van der Waals surface area contributed by atoms with Gasteiger partial charge in [-0.1, -0.05) is 51.6 Å². The molecule has 4 atom stereocenters. The lowest BCUT2D eigenvalue weighted by atomic mass is 9.97. The lowest BCUT2D eigenvalue weighted by Gasteiger charge is -2.35. The minimum atomic E-state index is -0.968. The Bertz CT molecular complexity index is 1030. The van der Waals surface area contributed by atoms with Crippen LogP contribution in [0, 0.1) is 11.8 Å². The summed E-state index contributed by atoms with van der Waals surface area (Å²) in [6.07, 6.45) is 2.12. The van der Waals surface area contributed by atoms with Gasteiger partial charge in [-0.15, -0.1) is 0 Å². The first-order chi connectivity index (χ1) is 18.3. The summed E-state index contributed by atoms with van der Waals surface area (Å²) in [5.74, 6) is -0.891. The number of esters is 1. The van der Waals surface area contributed by atoms with Crippen molar-refractivity contribution in [1.29, 1.82) is 0 Å². The monoisotopic (exact) mass is 543 g/mol.